The fourth-order valence-electron chi connectivity index (χ4n) is 2.49. The van der Waals surface area contributed by atoms with Crippen molar-refractivity contribution in [2.24, 2.45) is 5.73 Å². The first kappa shape index (κ1) is 14.7. The van der Waals surface area contributed by atoms with Crippen LogP contribution in [0.15, 0.2) is 0 Å². The molecule has 0 spiro atoms. The van der Waals surface area contributed by atoms with E-state index in [2.05, 4.69) is 4.74 Å². The first-order valence-corrected chi connectivity index (χ1v) is 6.02. The Hall–Kier alpha value is -0.330. The summed E-state index contributed by atoms with van der Waals surface area (Å²) in [6, 6.07) is 0. The van der Waals surface area contributed by atoms with Gasteiger partial charge >= 0.3 is 6.36 Å². The van der Waals surface area contributed by atoms with E-state index in [0.717, 1.165) is 25.7 Å². The Balaban J connectivity index is 2.41. The minimum atomic E-state index is -4.54. The molecule has 0 aromatic heterocycles. The minimum absolute atomic E-state index is 0.132. The van der Waals surface area contributed by atoms with E-state index in [4.69, 9.17) is 5.73 Å². The predicted octanol–water partition coefficient (Wildman–Crippen LogP) is 2.12. The lowest BCUT2D eigenvalue weighted by Gasteiger charge is -2.44. The van der Waals surface area contributed by atoms with Crippen molar-refractivity contribution < 1.29 is 17.9 Å². The molecule has 1 rings (SSSR count). The standard InChI is InChI=1S/C11H21F3N2O/c1-16(7-8-17-11(12,13)14)10(9-15)5-3-2-4-6-10/h2-9,15H2,1H3. The Morgan fingerprint density at radius 1 is 1.24 bits per heavy atom. The van der Waals surface area contributed by atoms with Gasteiger partial charge in [0, 0.05) is 18.6 Å². The van der Waals surface area contributed by atoms with Crippen molar-refractivity contribution in [1.29, 1.82) is 0 Å². The van der Waals surface area contributed by atoms with Gasteiger partial charge in [0.05, 0.1) is 6.61 Å². The summed E-state index contributed by atoms with van der Waals surface area (Å²) >= 11 is 0. The van der Waals surface area contributed by atoms with Gasteiger partial charge in [-0.15, -0.1) is 13.2 Å². The van der Waals surface area contributed by atoms with Crippen molar-refractivity contribution in [3.05, 3.63) is 0 Å². The highest BCUT2D eigenvalue weighted by molar-refractivity contribution is 4.92. The van der Waals surface area contributed by atoms with E-state index in [1.54, 1.807) is 0 Å². The molecular formula is C11H21F3N2O. The summed E-state index contributed by atoms with van der Waals surface area (Å²) in [5.41, 5.74) is 5.66. The predicted molar refractivity (Wildman–Crippen MR) is 59.5 cm³/mol. The van der Waals surface area contributed by atoms with E-state index in [-0.39, 0.29) is 18.7 Å². The molecule has 3 nitrogen and oxygen atoms in total. The van der Waals surface area contributed by atoms with E-state index in [9.17, 15) is 13.2 Å². The van der Waals surface area contributed by atoms with Crippen molar-refractivity contribution in [2.45, 2.75) is 44.0 Å². The van der Waals surface area contributed by atoms with E-state index >= 15 is 0 Å². The lowest BCUT2D eigenvalue weighted by Crippen LogP contribution is -2.54. The molecule has 0 aromatic rings. The molecule has 0 amide bonds. The number of nitrogens with two attached hydrogens (primary N) is 1. The van der Waals surface area contributed by atoms with Gasteiger partial charge in [0.25, 0.3) is 0 Å². The van der Waals surface area contributed by atoms with Crippen molar-refractivity contribution in [3.8, 4) is 0 Å². The number of hydrogen-bond donors (Lipinski definition) is 1. The normalized spacial score (nSPS) is 20.8. The van der Waals surface area contributed by atoms with Crippen LogP contribution >= 0.6 is 0 Å². The Morgan fingerprint density at radius 2 is 1.82 bits per heavy atom. The zero-order valence-electron chi connectivity index (χ0n) is 10.2. The van der Waals surface area contributed by atoms with Gasteiger partial charge < -0.3 is 5.73 Å². The topological polar surface area (TPSA) is 38.5 Å². The maximum Gasteiger partial charge on any atom is 0.522 e. The highest BCUT2D eigenvalue weighted by atomic mass is 19.4. The van der Waals surface area contributed by atoms with Crippen molar-refractivity contribution in [1.82, 2.24) is 4.90 Å². The smallest absolute Gasteiger partial charge is 0.329 e. The molecule has 0 saturated heterocycles. The van der Waals surface area contributed by atoms with Gasteiger partial charge in [-0.2, -0.15) is 0 Å². The van der Waals surface area contributed by atoms with E-state index < -0.39 is 6.36 Å². The molecule has 0 atom stereocenters. The summed E-state index contributed by atoms with van der Waals surface area (Å²) in [4.78, 5) is 1.93. The second-order valence-corrected chi connectivity index (χ2v) is 4.70. The van der Waals surface area contributed by atoms with Crippen molar-refractivity contribution in [3.63, 3.8) is 0 Å². The molecule has 1 saturated carbocycles. The van der Waals surface area contributed by atoms with Crippen LogP contribution < -0.4 is 5.73 Å². The van der Waals surface area contributed by atoms with Crippen LogP contribution in [0, 0.1) is 0 Å². The third kappa shape index (κ3) is 4.44. The molecule has 0 unspecified atom stereocenters. The molecule has 1 aliphatic rings. The zero-order chi connectivity index (χ0) is 12.9. The second kappa shape index (κ2) is 6.02. The number of rotatable bonds is 5. The van der Waals surface area contributed by atoms with Crippen molar-refractivity contribution in [2.75, 3.05) is 26.7 Å². The molecule has 0 aromatic carbocycles. The number of nitrogens with zero attached hydrogens (tertiary/aromatic N) is 1. The lowest BCUT2D eigenvalue weighted by atomic mass is 9.80. The summed E-state index contributed by atoms with van der Waals surface area (Å²) < 4.78 is 39.4. The molecule has 0 heterocycles. The van der Waals surface area contributed by atoms with E-state index in [1.165, 1.54) is 6.42 Å². The Labute approximate surface area is 100 Å². The van der Waals surface area contributed by atoms with Crippen LogP contribution in [0.25, 0.3) is 0 Å². The molecule has 0 bridgehead atoms. The van der Waals surface area contributed by atoms with Crippen molar-refractivity contribution >= 4 is 0 Å². The number of halogens is 3. The van der Waals surface area contributed by atoms with Crippen LogP contribution in [0.2, 0.25) is 0 Å². The molecule has 1 aliphatic carbocycles. The average Bonchev–Trinajstić information content (AvgIpc) is 2.28. The maximum absolute atomic E-state index is 11.9. The van der Waals surface area contributed by atoms with Gasteiger partial charge in [0.15, 0.2) is 0 Å². The molecule has 17 heavy (non-hydrogen) atoms. The number of likely N-dealkylation sites (N-methyl/N-ethyl adjacent to an activating group) is 1. The summed E-state index contributed by atoms with van der Waals surface area (Å²) in [7, 11) is 1.83. The number of alkyl halides is 3. The Bertz CT molecular complexity index is 227. The van der Waals surface area contributed by atoms with Crippen LogP contribution in [0.3, 0.4) is 0 Å². The highest BCUT2D eigenvalue weighted by Crippen LogP contribution is 2.32. The third-order valence-corrected chi connectivity index (χ3v) is 3.67. The maximum atomic E-state index is 11.9. The van der Waals surface area contributed by atoms with Gasteiger partial charge in [-0.1, -0.05) is 19.3 Å². The summed E-state index contributed by atoms with van der Waals surface area (Å²) in [5, 5.41) is 0. The molecule has 102 valence electrons. The molecule has 1 fully saturated rings. The monoisotopic (exact) mass is 254 g/mol. The van der Waals surface area contributed by atoms with E-state index in [0.29, 0.717) is 6.54 Å². The largest absolute Gasteiger partial charge is 0.522 e. The summed E-state index contributed by atoms with van der Waals surface area (Å²) in [6.07, 6.45) is 0.777. The van der Waals surface area contributed by atoms with Gasteiger partial charge in [-0.05, 0) is 19.9 Å². The molecule has 0 aliphatic heterocycles. The average molecular weight is 254 g/mol. The van der Waals surface area contributed by atoms with E-state index in [1.807, 2.05) is 11.9 Å². The Morgan fingerprint density at radius 3 is 2.29 bits per heavy atom. The number of hydrogen-bond acceptors (Lipinski definition) is 3. The third-order valence-electron chi connectivity index (χ3n) is 3.67. The molecular weight excluding hydrogens is 233 g/mol. The quantitative estimate of drug-likeness (QED) is 0.816. The fourth-order valence-corrected chi connectivity index (χ4v) is 2.49. The fraction of sp³-hybridized carbons (Fsp3) is 1.00. The summed E-state index contributed by atoms with van der Waals surface area (Å²) in [6.45, 7) is 0.425. The summed E-state index contributed by atoms with van der Waals surface area (Å²) in [5.74, 6) is 0. The van der Waals surface area contributed by atoms with Gasteiger partial charge in [0.1, 0.15) is 0 Å². The van der Waals surface area contributed by atoms with Gasteiger partial charge in [0.2, 0.25) is 0 Å². The SMILES string of the molecule is CN(CCOC(F)(F)F)C1(CN)CCCCC1. The second-order valence-electron chi connectivity index (χ2n) is 4.70. The zero-order valence-corrected chi connectivity index (χ0v) is 10.2. The van der Waals surface area contributed by atoms with Crippen LogP contribution in [0.5, 0.6) is 0 Å². The molecule has 6 heteroatoms. The van der Waals surface area contributed by atoms with Gasteiger partial charge in [-0.3, -0.25) is 9.64 Å². The van der Waals surface area contributed by atoms with Crippen LogP contribution in [-0.4, -0.2) is 43.5 Å². The lowest BCUT2D eigenvalue weighted by molar-refractivity contribution is -0.325. The highest BCUT2D eigenvalue weighted by Gasteiger charge is 2.35. The van der Waals surface area contributed by atoms with Crippen LogP contribution in [-0.2, 0) is 4.74 Å². The number of ether oxygens (including phenoxy) is 1. The first-order valence-electron chi connectivity index (χ1n) is 6.02. The van der Waals surface area contributed by atoms with Crippen LogP contribution in [0.4, 0.5) is 13.2 Å². The van der Waals surface area contributed by atoms with Crippen LogP contribution in [0.1, 0.15) is 32.1 Å². The Kier molecular flexibility index (Phi) is 5.22. The first-order chi connectivity index (χ1) is 7.90. The van der Waals surface area contributed by atoms with Gasteiger partial charge in [-0.25, -0.2) is 0 Å². The molecule has 0 radical (unpaired) electrons. The molecule has 2 N–H and O–H groups in total. The minimum Gasteiger partial charge on any atom is -0.329 e.